The number of nitrogens with zero attached hydrogens (tertiary/aromatic N) is 1. The van der Waals surface area contributed by atoms with Crippen molar-refractivity contribution in [2.24, 2.45) is 5.92 Å². The summed E-state index contributed by atoms with van der Waals surface area (Å²) < 4.78 is 5.65. The zero-order valence-corrected chi connectivity index (χ0v) is 10.9. The van der Waals surface area contributed by atoms with Crippen molar-refractivity contribution in [2.45, 2.75) is 39.5 Å². The molecule has 0 spiro atoms. The van der Waals surface area contributed by atoms with Crippen LogP contribution < -0.4 is 4.74 Å². The summed E-state index contributed by atoms with van der Waals surface area (Å²) in [6, 6.07) is 1.77. The molecule has 1 aliphatic carbocycles. The van der Waals surface area contributed by atoms with Gasteiger partial charge in [-0.3, -0.25) is 0 Å². The van der Waals surface area contributed by atoms with Gasteiger partial charge in [0.15, 0.2) is 0 Å². The lowest BCUT2D eigenvalue weighted by atomic mass is 10.1. The molecule has 4 nitrogen and oxygen atoms in total. The summed E-state index contributed by atoms with van der Waals surface area (Å²) in [4.78, 5) is 15.4. The minimum absolute atomic E-state index is 0.193. The van der Waals surface area contributed by atoms with Crippen molar-refractivity contribution in [1.82, 2.24) is 4.98 Å². The van der Waals surface area contributed by atoms with E-state index < -0.39 is 5.97 Å². The summed E-state index contributed by atoms with van der Waals surface area (Å²) in [6.07, 6.45) is 4.85. The van der Waals surface area contributed by atoms with E-state index in [0.29, 0.717) is 18.1 Å². The first-order chi connectivity index (χ1) is 8.58. The number of hydrogen-bond acceptors (Lipinski definition) is 3. The van der Waals surface area contributed by atoms with Gasteiger partial charge >= 0.3 is 5.97 Å². The first-order valence-corrected chi connectivity index (χ1v) is 6.42. The van der Waals surface area contributed by atoms with Crippen LogP contribution in [0.4, 0.5) is 0 Å². The first-order valence-electron chi connectivity index (χ1n) is 6.42. The van der Waals surface area contributed by atoms with Crippen molar-refractivity contribution < 1.29 is 14.6 Å². The largest absolute Gasteiger partial charge is 0.477 e. The highest BCUT2D eigenvalue weighted by Crippen LogP contribution is 2.27. The van der Waals surface area contributed by atoms with E-state index >= 15 is 0 Å². The van der Waals surface area contributed by atoms with Gasteiger partial charge < -0.3 is 9.84 Å². The molecule has 1 saturated carbocycles. The Morgan fingerprint density at radius 2 is 2.11 bits per heavy atom. The van der Waals surface area contributed by atoms with Gasteiger partial charge in [-0.15, -0.1) is 0 Å². The van der Waals surface area contributed by atoms with E-state index in [1.807, 2.05) is 6.92 Å². The number of rotatable bonds is 4. The van der Waals surface area contributed by atoms with Crippen molar-refractivity contribution in [2.75, 3.05) is 6.61 Å². The standard InChI is InChI=1S/C14H19NO3/c1-9-7-10(2)15-13(12(9)14(16)17)18-8-11-5-3-4-6-11/h7,11H,3-6,8H2,1-2H3,(H,16,17). The second-order valence-electron chi connectivity index (χ2n) is 5.03. The molecule has 2 rings (SSSR count). The summed E-state index contributed by atoms with van der Waals surface area (Å²) in [6.45, 7) is 4.21. The van der Waals surface area contributed by atoms with Gasteiger partial charge in [0.25, 0.3) is 0 Å². The van der Waals surface area contributed by atoms with Crippen LogP contribution in [0.25, 0.3) is 0 Å². The molecule has 4 heteroatoms. The Morgan fingerprint density at radius 3 is 2.72 bits per heavy atom. The van der Waals surface area contributed by atoms with E-state index in [4.69, 9.17) is 4.74 Å². The zero-order valence-electron chi connectivity index (χ0n) is 10.9. The molecule has 1 N–H and O–H groups in total. The minimum Gasteiger partial charge on any atom is -0.477 e. The van der Waals surface area contributed by atoms with Crippen LogP contribution in [0.15, 0.2) is 6.07 Å². The van der Waals surface area contributed by atoms with Gasteiger partial charge in [0, 0.05) is 5.69 Å². The van der Waals surface area contributed by atoms with Crippen LogP contribution in [-0.2, 0) is 0 Å². The van der Waals surface area contributed by atoms with Crippen molar-refractivity contribution in [1.29, 1.82) is 0 Å². The summed E-state index contributed by atoms with van der Waals surface area (Å²) in [5.41, 5.74) is 1.69. The Balaban J connectivity index is 2.16. The quantitative estimate of drug-likeness (QED) is 0.891. The lowest BCUT2D eigenvalue weighted by Gasteiger charge is -2.14. The van der Waals surface area contributed by atoms with Crippen LogP contribution in [0, 0.1) is 19.8 Å². The second-order valence-corrected chi connectivity index (χ2v) is 5.03. The predicted octanol–water partition coefficient (Wildman–Crippen LogP) is 2.97. The fraction of sp³-hybridized carbons (Fsp3) is 0.571. The lowest BCUT2D eigenvalue weighted by molar-refractivity contribution is 0.0689. The van der Waals surface area contributed by atoms with Gasteiger partial charge in [0.05, 0.1) is 6.61 Å². The van der Waals surface area contributed by atoms with Gasteiger partial charge in [-0.1, -0.05) is 12.8 Å². The topological polar surface area (TPSA) is 59.4 Å². The molecule has 1 aromatic rings. The average Bonchev–Trinajstić information content (AvgIpc) is 2.77. The van der Waals surface area contributed by atoms with Gasteiger partial charge in [0.2, 0.25) is 5.88 Å². The first kappa shape index (κ1) is 12.9. The van der Waals surface area contributed by atoms with E-state index in [2.05, 4.69) is 4.98 Å². The van der Waals surface area contributed by atoms with E-state index in [1.54, 1.807) is 13.0 Å². The number of hydrogen-bond donors (Lipinski definition) is 1. The highest BCUT2D eigenvalue weighted by atomic mass is 16.5. The van der Waals surface area contributed by atoms with Crippen molar-refractivity contribution in [3.63, 3.8) is 0 Å². The summed E-state index contributed by atoms with van der Waals surface area (Å²) >= 11 is 0. The van der Waals surface area contributed by atoms with Gasteiger partial charge in [-0.05, 0) is 44.2 Å². The third kappa shape index (κ3) is 2.81. The van der Waals surface area contributed by atoms with Crippen LogP contribution >= 0.6 is 0 Å². The molecule has 1 heterocycles. The Labute approximate surface area is 107 Å². The molecular formula is C14H19NO3. The number of carbonyl (C=O) groups is 1. The van der Waals surface area contributed by atoms with Gasteiger partial charge in [0.1, 0.15) is 5.56 Å². The second kappa shape index (κ2) is 5.38. The molecule has 0 bridgehead atoms. The minimum atomic E-state index is -0.971. The van der Waals surface area contributed by atoms with E-state index in [-0.39, 0.29) is 11.4 Å². The number of carboxylic acid groups (broad SMARTS) is 1. The monoisotopic (exact) mass is 249 g/mol. The average molecular weight is 249 g/mol. The van der Waals surface area contributed by atoms with Crippen molar-refractivity contribution >= 4 is 5.97 Å². The Hall–Kier alpha value is -1.58. The molecule has 98 valence electrons. The number of pyridine rings is 1. The molecule has 18 heavy (non-hydrogen) atoms. The molecular weight excluding hydrogens is 230 g/mol. The summed E-state index contributed by atoms with van der Waals surface area (Å²) in [7, 11) is 0. The number of aromatic carboxylic acids is 1. The molecule has 0 radical (unpaired) electrons. The highest BCUT2D eigenvalue weighted by Gasteiger charge is 2.20. The maximum Gasteiger partial charge on any atom is 0.341 e. The summed E-state index contributed by atoms with van der Waals surface area (Å²) in [5, 5.41) is 9.21. The number of aryl methyl sites for hydroxylation is 2. The zero-order chi connectivity index (χ0) is 13.1. The highest BCUT2D eigenvalue weighted by molar-refractivity contribution is 5.91. The van der Waals surface area contributed by atoms with Crippen LogP contribution in [0.3, 0.4) is 0 Å². The maximum absolute atomic E-state index is 11.2. The SMILES string of the molecule is Cc1cc(C)c(C(=O)O)c(OCC2CCCC2)n1. The molecule has 0 aromatic carbocycles. The summed E-state index contributed by atoms with van der Waals surface area (Å²) in [5.74, 6) is -0.150. The van der Waals surface area contributed by atoms with Crippen molar-refractivity contribution in [3.05, 3.63) is 22.9 Å². The van der Waals surface area contributed by atoms with Crippen LogP contribution in [-0.4, -0.2) is 22.7 Å². The molecule has 0 saturated heterocycles. The Kier molecular flexibility index (Phi) is 3.84. The van der Waals surface area contributed by atoms with Gasteiger partial charge in [-0.2, -0.15) is 0 Å². The number of aromatic nitrogens is 1. The van der Waals surface area contributed by atoms with Crippen LogP contribution in [0.5, 0.6) is 5.88 Å². The Morgan fingerprint density at radius 1 is 1.44 bits per heavy atom. The normalized spacial score (nSPS) is 15.9. The fourth-order valence-corrected chi connectivity index (χ4v) is 2.54. The van der Waals surface area contributed by atoms with Gasteiger partial charge in [-0.25, -0.2) is 9.78 Å². The molecule has 0 atom stereocenters. The third-order valence-electron chi connectivity index (χ3n) is 3.46. The molecule has 0 aliphatic heterocycles. The smallest absolute Gasteiger partial charge is 0.341 e. The van der Waals surface area contributed by atoms with E-state index in [9.17, 15) is 9.90 Å². The molecule has 0 amide bonds. The third-order valence-corrected chi connectivity index (χ3v) is 3.46. The molecule has 1 aromatic heterocycles. The van der Waals surface area contributed by atoms with E-state index in [1.165, 1.54) is 25.7 Å². The Bertz CT molecular complexity index is 451. The maximum atomic E-state index is 11.2. The predicted molar refractivity (Wildman–Crippen MR) is 68.1 cm³/mol. The molecule has 1 aliphatic rings. The molecule has 0 unspecified atom stereocenters. The van der Waals surface area contributed by atoms with E-state index in [0.717, 1.165) is 5.69 Å². The number of carboxylic acids is 1. The van der Waals surface area contributed by atoms with Crippen molar-refractivity contribution in [3.8, 4) is 5.88 Å². The fourth-order valence-electron chi connectivity index (χ4n) is 2.54. The van der Waals surface area contributed by atoms with Crippen LogP contribution in [0.2, 0.25) is 0 Å². The van der Waals surface area contributed by atoms with Crippen LogP contribution in [0.1, 0.15) is 47.3 Å². The molecule has 1 fully saturated rings. The lowest BCUT2D eigenvalue weighted by Crippen LogP contribution is -2.13. The number of ether oxygens (including phenoxy) is 1.